The number of nitriles is 1. The first-order valence-corrected chi connectivity index (χ1v) is 10.6. The van der Waals surface area contributed by atoms with Crippen LogP contribution in [0.25, 0.3) is 0 Å². The van der Waals surface area contributed by atoms with Gasteiger partial charge in [0.1, 0.15) is 6.61 Å². The monoisotopic (exact) mass is 353 g/mol. The summed E-state index contributed by atoms with van der Waals surface area (Å²) in [6.45, 7) is 4.43. The number of ether oxygens (including phenoxy) is 1. The van der Waals surface area contributed by atoms with Crippen molar-refractivity contribution < 1.29 is 22.3 Å². The van der Waals surface area contributed by atoms with Crippen LogP contribution < -0.4 is 9.92 Å². The molecule has 0 radical (unpaired) electrons. The molecule has 0 atom stereocenters. The number of hydrogen-bond acceptors (Lipinski definition) is 2. The van der Waals surface area contributed by atoms with Crippen LogP contribution in [0.1, 0.15) is 11.1 Å². The molecule has 2 aromatic carbocycles. The Morgan fingerprint density at radius 1 is 1.00 bits per heavy atom. The maximum Gasteiger partial charge on any atom is 0.203 e. The van der Waals surface area contributed by atoms with E-state index in [1.54, 1.807) is 37.8 Å². The normalized spacial score (nSPS) is 11.2. The standard InChI is InChI=1S/C17H15F4NOSi/c1-24(2,3)17-14(20)12(18)16(13(19)15(17)21)23-9-11-6-4-5-10(7-11)8-22/h4-7H,9H2,1-3H3. The van der Waals surface area contributed by atoms with Crippen LogP contribution in [0.3, 0.4) is 0 Å². The lowest BCUT2D eigenvalue weighted by Gasteiger charge is -2.20. The van der Waals surface area contributed by atoms with Crippen LogP contribution in [0.15, 0.2) is 24.3 Å². The highest BCUT2D eigenvalue weighted by atomic mass is 28.3. The number of benzene rings is 2. The predicted octanol–water partition coefficient (Wildman–Crippen LogP) is 4.24. The lowest BCUT2D eigenvalue weighted by molar-refractivity contribution is 0.263. The summed E-state index contributed by atoms with van der Waals surface area (Å²) in [7, 11) is -2.63. The van der Waals surface area contributed by atoms with E-state index < -0.39 is 42.3 Å². The Morgan fingerprint density at radius 2 is 1.58 bits per heavy atom. The third kappa shape index (κ3) is 3.43. The Bertz CT molecular complexity index is 796. The average Bonchev–Trinajstić information content (AvgIpc) is 2.52. The predicted molar refractivity (Wildman–Crippen MR) is 84.7 cm³/mol. The molecule has 0 amide bonds. The lowest BCUT2D eigenvalue weighted by atomic mass is 10.1. The molecule has 7 heteroatoms. The molecular weight excluding hydrogens is 338 g/mol. The van der Waals surface area contributed by atoms with Gasteiger partial charge in [-0.05, 0) is 17.7 Å². The average molecular weight is 353 g/mol. The maximum absolute atomic E-state index is 14.2. The first kappa shape index (κ1) is 18.0. The molecule has 0 saturated carbocycles. The summed E-state index contributed by atoms with van der Waals surface area (Å²) in [4.78, 5) is 0. The van der Waals surface area contributed by atoms with Crippen molar-refractivity contribution in [1.82, 2.24) is 0 Å². The van der Waals surface area contributed by atoms with E-state index in [-0.39, 0.29) is 6.61 Å². The third-order valence-electron chi connectivity index (χ3n) is 3.41. The molecule has 0 heterocycles. The van der Waals surface area contributed by atoms with Crippen molar-refractivity contribution in [3.8, 4) is 11.8 Å². The van der Waals surface area contributed by atoms with Gasteiger partial charge in [-0.2, -0.15) is 14.0 Å². The second kappa shape index (κ2) is 6.65. The molecule has 2 nitrogen and oxygen atoms in total. The van der Waals surface area contributed by atoms with Gasteiger partial charge in [0, 0.05) is 5.19 Å². The zero-order chi connectivity index (χ0) is 18.1. The van der Waals surface area contributed by atoms with E-state index in [2.05, 4.69) is 0 Å². The van der Waals surface area contributed by atoms with Crippen LogP contribution in [0, 0.1) is 34.6 Å². The van der Waals surface area contributed by atoms with Crippen molar-refractivity contribution in [2.45, 2.75) is 26.2 Å². The smallest absolute Gasteiger partial charge is 0.203 e. The summed E-state index contributed by atoms with van der Waals surface area (Å²) in [6, 6.07) is 8.06. The van der Waals surface area contributed by atoms with Gasteiger partial charge in [0.15, 0.2) is 17.4 Å². The fourth-order valence-electron chi connectivity index (χ4n) is 2.28. The first-order valence-electron chi connectivity index (χ1n) is 7.15. The minimum atomic E-state index is -2.63. The van der Waals surface area contributed by atoms with Crippen molar-refractivity contribution in [2.24, 2.45) is 0 Å². The number of nitrogens with zero attached hydrogens (tertiary/aromatic N) is 1. The molecule has 0 spiro atoms. The van der Waals surface area contributed by atoms with E-state index in [9.17, 15) is 17.6 Å². The fourth-order valence-corrected chi connectivity index (χ4v) is 3.82. The molecule has 0 saturated heterocycles. The molecule has 0 aromatic heterocycles. The van der Waals surface area contributed by atoms with Crippen LogP contribution in [-0.2, 0) is 6.61 Å². The summed E-state index contributed by atoms with van der Waals surface area (Å²) in [5.74, 6) is -6.98. The Balaban J connectivity index is 2.40. The Hall–Kier alpha value is -2.33. The van der Waals surface area contributed by atoms with Crippen LogP contribution >= 0.6 is 0 Å². The molecule has 2 rings (SSSR count). The zero-order valence-electron chi connectivity index (χ0n) is 13.4. The second-order valence-electron chi connectivity index (χ2n) is 6.31. The first-order chi connectivity index (χ1) is 11.2. The molecule has 0 unspecified atom stereocenters. The molecular formula is C17H15F4NOSi. The van der Waals surface area contributed by atoms with Crippen molar-refractivity contribution in [1.29, 1.82) is 5.26 Å². The quantitative estimate of drug-likeness (QED) is 0.468. The van der Waals surface area contributed by atoms with Gasteiger partial charge >= 0.3 is 0 Å². The van der Waals surface area contributed by atoms with Gasteiger partial charge in [-0.3, -0.25) is 0 Å². The molecule has 24 heavy (non-hydrogen) atoms. The Kier molecular flexibility index (Phi) is 4.99. The van der Waals surface area contributed by atoms with E-state index in [0.29, 0.717) is 11.1 Å². The number of halogens is 4. The van der Waals surface area contributed by atoms with E-state index in [1.807, 2.05) is 6.07 Å². The molecule has 0 aliphatic heterocycles. The van der Waals surface area contributed by atoms with Crippen LogP contribution in [0.4, 0.5) is 17.6 Å². The largest absolute Gasteiger partial charge is 0.483 e. The third-order valence-corrected chi connectivity index (χ3v) is 5.35. The van der Waals surface area contributed by atoms with Crippen molar-refractivity contribution in [3.63, 3.8) is 0 Å². The van der Waals surface area contributed by atoms with Gasteiger partial charge in [0.25, 0.3) is 0 Å². The maximum atomic E-state index is 14.2. The summed E-state index contributed by atoms with van der Waals surface area (Å²) < 4.78 is 61.6. The van der Waals surface area contributed by atoms with E-state index in [0.717, 1.165) is 0 Å². The molecule has 0 aliphatic rings. The van der Waals surface area contributed by atoms with Gasteiger partial charge in [-0.25, -0.2) is 8.78 Å². The lowest BCUT2D eigenvalue weighted by Crippen LogP contribution is -2.44. The molecule has 0 aliphatic carbocycles. The van der Waals surface area contributed by atoms with Crippen LogP contribution in [-0.4, -0.2) is 8.07 Å². The molecule has 0 fully saturated rings. The van der Waals surface area contributed by atoms with Crippen LogP contribution in [0.5, 0.6) is 5.75 Å². The summed E-state index contributed by atoms with van der Waals surface area (Å²) >= 11 is 0. The summed E-state index contributed by atoms with van der Waals surface area (Å²) in [6.07, 6.45) is 0. The van der Waals surface area contributed by atoms with Gasteiger partial charge < -0.3 is 4.74 Å². The van der Waals surface area contributed by atoms with Gasteiger partial charge in [0.2, 0.25) is 11.6 Å². The van der Waals surface area contributed by atoms with Gasteiger partial charge in [-0.1, -0.05) is 31.8 Å². The number of hydrogen-bond donors (Lipinski definition) is 0. The second-order valence-corrected chi connectivity index (χ2v) is 11.3. The zero-order valence-corrected chi connectivity index (χ0v) is 14.4. The highest BCUT2D eigenvalue weighted by Crippen LogP contribution is 2.28. The molecule has 126 valence electrons. The highest BCUT2D eigenvalue weighted by Gasteiger charge is 2.33. The summed E-state index contributed by atoms with van der Waals surface area (Å²) in [5, 5.41) is 8.28. The SMILES string of the molecule is C[Si](C)(C)c1c(F)c(F)c(OCc2cccc(C#N)c2)c(F)c1F. The number of rotatable bonds is 4. The Labute approximate surface area is 138 Å². The molecule has 2 aromatic rings. The highest BCUT2D eigenvalue weighted by molar-refractivity contribution is 6.88. The Morgan fingerprint density at radius 3 is 2.08 bits per heavy atom. The van der Waals surface area contributed by atoms with E-state index >= 15 is 0 Å². The fraction of sp³-hybridized carbons (Fsp3) is 0.235. The van der Waals surface area contributed by atoms with E-state index in [4.69, 9.17) is 10.00 Å². The van der Waals surface area contributed by atoms with Gasteiger partial charge in [-0.15, -0.1) is 0 Å². The van der Waals surface area contributed by atoms with Crippen molar-refractivity contribution in [3.05, 3.63) is 58.7 Å². The van der Waals surface area contributed by atoms with Gasteiger partial charge in [0.05, 0.1) is 19.7 Å². The van der Waals surface area contributed by atoms with Crippen molar-refractivity contribution in [2.75, 3.05) is 0 Å². The topological polar surface area (TPSA) is 33.0 Å². The minimum absolute atomic E-state index is 0.325. The minimum Gasteiger partial charge on any atom is -0.483 e. The van der Waals surface area contributed by atoms with Crippen molar-refractivity contribution >= 4 is 13.3 Å². The van der Waals surface area contributed by atoms with Crippen LogP contribution in [0.2, 0.25) is 19.6 Å². The van der Waals surface area contributed by atoms with E-state index in [1.165, 1.54) is 6.07 Å². The molecule has 0 bridgehead atoms. The molecule has 0 N–H and O–H groups in total. The summed E-state index contributed by atoms with van der Waals surface area (Å²) in [5.41, 5.74) is 0.784.